The van der Waals surface area contributed by atoms with Crippen molar-refractivity contribution in [2.24, 2.45) is 0 Å². The molecule has 0 radical (unpaired) electrons. The lowest BCUT2D eigenvalue weighted by Crippen LogP contribution is -2.36. The van der Waals surface area contributed by atoms with Crippen molar-refractivity contribution in [1.29, 1.82) is 0 Å². The summed E-state index contributed by atoms with van der Waals surface area (Å²) in [7, 11) is 1.65. The SMILES string of the molecule is COc1ccc(-c2nnc(SCCC(=O)NC3CCCCC3)n2-c2ccccc2)cc1. The highest BCUT2D eigenvalue weighted by Crippen LogP contribution is 2.29. The van der Waals surface area contributed by atoms with Crippen LogP contribution in [0.5, 0.6) is 5.75 Å². The topological polar surface area (TPSA) is 69.0 Å². The first kappa shape index (κ1) is 21.4. The molecule has 1 aromatic heterocycles. The van der Waals surface area contributed by atoms with Crippen LogP contribution in [0.1, 0.15) is 38.5 Å². The maximum absolute atomic E-state index is 12.4. The molecule has 3 aromatic rings. The lowest BCUT2D eigenvalue weighted by molar-refractivity contribution is -0.121. The standard InChI is InChI=1S/C24H28N4O2S/c1-30-21-14-12-18(13-15-21)23-26-27-24(28(23)20-10-6-3-7-11-20)31-17-16-22(29)25-19-8-4-2-5-9-19/h3,6-7,10-15,19H,2,4-5,8-9,16-17H2,1H3,(H,25,29). The van der Waals surface area contributed by atoms with Gasteiger partial charge in [-0.25, -0.2) is 0 Å². The zero-order valence-electron chi connectivity index (χ0n) is 17.8. The van der Waals surface area contributed by atoms with Gasteiger partial charge in [0.15, 0.2) is 11.0 Å². The van der Waals surface area contributed by atoms with E-state index in [1.165, 1.54) is 19.3 Å². The number of hydrogen-bond acceptors (Lipinski definition) is 5. The second kappa shape index (κ2) is 10.5. The van der Waals surface area contributed by atoms with Gasteiger partial charge in [0.1, 0.15) is 5.75 Å². The van der Waals surface area contributed by atoms with Gasteiger partial charge in [0.25, 0.3) is 0 Å². The van der Waals surface area contributed by atoms with Crippen molar-refractivity contribution in [3.05, 3.63) is 54.6 Å². The first-order valence-corrected chi connectivity index (χ1v) is 11.8. The minimum Gasteiger partial charge on any atom is -0.497 e. The number of carbonyl (C=O) groups excluding carboxylic acids is 1. The zero-order chi connectivity index (χ0) is 21.5. The Morgan fingerprint density at radius 2 is 1.81 bits per heavy atom. The molecule has 1 aliphatic rings. The van der Waals surface area contributed by atoms with E-state index in [-0.39, 0.29) is 5.91 Å². The summed E-state index contributed by atoms with van der Waals surface area (Å²) in [5.41, 5.74) is 1.95. The highest BCUT2D eigenvalue weighted by Gasteiger charge is 2.18. The van der Waals surface area contributed by atoms with Gasteiger partial charge in [-0.15, -0.1) is 10.2 Å². The Kier molecular flexibility index (Phi) is 7.25. The predicted octanol–water partition coefficient (Wildman–Crippen LogP) is 4.87. The van der Waals surface area contributed by atoms with Gasteiger partial charge in [0.05, 0.1) is 7.11 Å². The monoisotopic (exact) mass is 436 g/mol. The number of methoxy groups -OCH3 is 1. The Hall–Kier alpha value is -2.80. The molecule has 1 N–H and O–H groups in total. The molecule has 1 aliphatic carbocycles. The van der Waals surface area contributed by atoms with Crippen LogP contribution in [0.4, 0.5) is 0 Å². The average Bonchev–Trinajstić information content (AvgIpc) is 3.24. The Morgan fingerprint density at radius 1 is 1.06 bits per heavy atom. The second-order valence-electron chi connectivity index (χ2n) is 7.71. The maximum atomic E-state index is 12.4. The van der Waals surface area contributed by atoms with Gasteiger partial charge in [0.2, 0.25) is 5.91 Å². The predicted molar refractivity (Wildman–Crippen MR) is 124 cm³/mol. The van der Waals surface area contributed by atoms with E-state index < -0.39 is 0 Å². The first-order chi connectivity index (χ1) is 15.2. The number of thioether (sulfide) groups is 1. The molecule has 7 heteroatoms. The van der Waals surface area contributed by atoms with Crippen molar-refractivity contribution in [1.82, 2.24) is 20.1 Å². The van der Waals surface area contributed by atoms with Crippen molar-refractivity contribution in [3.63, 3.8) is 0 Å². The molecule has 162 valence electrons. The summed E-state index contributed by atoms with van der Waals surface area (Å²) in [6.07, 6.45) is 6.40. The van der Waals surface area contributed by atoms with Crippen molar-refractivity contribution in [2.45, 2.75) is 49.7 Å². The van der Waals surface area contributed by atoms with Crippen molar-refractivity contribution < 1.29 is 9.53 Å². The summed E-state index contributed by atoms with van der Waals surface area (Å²) in [5, 5.41) is 12.9. The maximum Gasteiger partial charge on any atom is 0.221 e. The Labute approximate surface area is 187 Å². The van der Waals surface area contributed by atoms with E-state index in [9.17, 15) is 4.79 Å². The van der Waals surface area contributed by atoms with Gasteiger partial charge < -0.3 is 10.1 Å². The van der Waals surface area contributed by atoms with Gasteiger partial charge in [-0.1, -0.05) is 49.2 Å². The summed E-state index contributed by atoms with van der Waals surface area (Å²) in [6, 6.07) is 18.2. The van der Waals surface area contributed by atoms with Crippen LogP contribution in [0, 0.1) is 0 Å². The summed E-state index contributed by atoms with van der Waals surface area (Å²) >= 11 is 1.56. The van der Waals surface area contributed by atoms with Crippen molar-refractivity contribution >= 4 is 17.7 Å². The minimum atomic E-state index is 0.126. The Bertz CT molecular complexity index is 983. The van der Waals surface area contributed by atoms with Gasteiger partial charge in [-0.2, -0.15) is 0 Å². The molecule has 0 spiro atoms. The lowest BCUT2D eigenvalue weighted by Gasteiger charge is -2.22. The van der Waals surface area contributed by atoms with Crippen LogP contribution in [0.15, 0.2) is 59.8 Å². The third kappa shape index (κ3) is 5.47. The normalized spacial score (nSPS) is 14.4. The second-order valence-corrected chi connectivity index (χ2v) is 8.77. The number of para-hydroxylation sites is 1. The smallest absolute Gasteiger partial charge is 0.221 e. The Balaban J connectivity index is 1.48. The van der Waals surface area contributed by atoms with E-state index >= 15 is 0 Å². The van der Waals surface area contributed by atoms with Gasteiger partial charge in [-0.3, -0.25) is 9.36 Å². The molecule has 1 heterocycles. The first-order valence-electron chi connectivity index (χ1n) is 10.8. The van der Waals surface area contributed by atoms with Crippen molar-refractivity contribution in [2.75, 3.05) is 12.9 Å². The van der Waals surface area contributed by atoms with E-state index in [1.807, 2.05) is 59.2 Å². The fourth-order valence-electron chi connectivity index (χ4n) is 3.88. The largest absolute Gasteiger partial charge is 0.497 e. The van der Waals surface area contributed by atoms with Crippen LogP contribution >= 0.6 is 11.8 Å². The number of amides is 1. The fraction of sp³-hybridized carbons (Fsp3) is 0.375. The molecular weight excluding hydrogens is 408 g/mol. The highest BCUT2D eigenvalue weighted by atomic mass is 32.2. The number of hydrogen-bond donors (Lipinski definition) is 1. The number of ether oxygens (including phenoxy) is 1. The van der Waals surface area contributed by atoms with E-state index in [1.54, 1.807) is 18.9 Å². The van der Waals surface area contributed by atoms with Crippen LogP contribution in [-0.4, -0.2) is 39.6 Å². The number of nitrogens with one attached hydrogen (secondary N) is 1. The van der Waals surface area contributed by atoms with E-state index in [2.05, 4.69) is 15.5 Å². The number of nitrogens with zero attached hydrogens (tertiary/aromatic N) is 3. The quantitative estimate of drug-likeness (QED) is 0.510. The molecule has 4 rings (SSSR count). The summed E-state index contributed by atoms with van der Waals surface area (Å²) in [6.45, 7) is 0. The third-order valence-electron chi connectivity index (χ3n) is 5.53. The van der Waals surface area contributed by atoms with Crippen LogP contribution in [0.25, 0.3) is 17.1 Å². The molecular formula is C24H28N4O2S. The third-order valence-corrected chi connectivity index (χ3v) is 6.46. The molecule has 2 aromatic carbocycles. The van der Waals surface area contributed by atoms with Crippen LogP contribution in [-0.2, 0) is 4.79 Å². The molecule has 0 bridgehead atoms. The minimum absolute atomic E-state index is 0.126. The molecule has 6 nitrogen and oxygen atoms in total. The average molecular weight is 437 g/mol. The highest BCUT2D eigenvalue weighted by molar-refractivity contribution is 7.99. The van der Waals surface area contributed by atoms with Crippen LogP contribution < -0.4 is 10.1 Å². The molecule has 0 saturated heterocycles. The van der Waals surface area contributed by atoms with Crippen LogP contribution in [0.2, 0.25) is 0 Å². The summed E-state index contributed by atoms with van der Waals surface area (Å²) in [4.78, 5) is 12.4. The summed E-state index contributed by atoms with van der Waals surface area (Å²) < 4.78 is 7.32. The molecule has 0 unspecified atom stereocenters. The molecule has 1 fully saturated rings. The van der Waals surface area contributed by atoms with Gasteiger partial charge in [-0.05, 0) is 49.2 Å². The van der Waals surface area contributed by atoms with Crippen molar-refractivity contribution in [3.8, 4) is 22.8 Å². The molecule has 1 amide bonds. The zero-order valence-corrected chi connectivity index (χ0v) is 18.6. The number of rotatable bonds is 8. The van der Waals surface area contributed by atoms with Crippen LogP contribution in [0.3, 0.4) is 0 Å². The lowest BCUT2D eigenvalue weighted by atomic mass is 9.95. The Morgan fingerprint density at radius 3 is 2.52 bits per heavy atom. The van der Waals surface area contributed by atoms with Gasteiger partial charge in [0, 0.05) is 29.5 Å². The molecule has 0 aliphatic heterocycles. The van der Waals surface area contributed by atoms with Gasteiger partial charge >= 0.3 is 0 Å². The fourth-order valence-corrected chi connectivity index (χ4v) is 4.77. The van der Waals surface area contributed by atoms with E-state index in [0.717, 1.165) is 40.8 Å². The number of aromatic nitrogens is 3. The van der Waals surface area contributed by atoms with E-state index in [0.29, 0.717) is 18.2 Å². The number of benzene rings is 2. The van der Waals surface area contributed by atoms with E-state index in [4.69, 9.17) is 4.74 Å². The molecule has 0 atom stereocenters. The molecule has 31 heavy (non-hydrogen) atoms. The molecule has 1 saturated carbocycles. The summed E-state index contributed by atoms with van der Waals surface area (Å²) in [5.74, 6) is 2.35. The number of carbonyl (C=O) groups is 1.